The molecule has 3 aromatic rings. The second-order valence-corrected chi connectivity index (χ2v) is 5.62. The maximum absolute atomic E-state index is 4.46. The van der Waals surface area contributed by atoms with Gasteiger partial charge in [-0.3, -0.25) is 4.98 Å². The van der Waals surface area contributed by atoms with E-state index < -0.39 is 0 Å². The van der Waals surface area contributed by atoms with Gasteiger partial charge in [-0.1, -0.05) is 13.0 Å². The molecule has 0 spiro atoms. The Morgan fingerprint density at radius 3 is 3.00 bits per heavy atom. The second-order valence-electron chi connectivity index (χ2n) is 4.45. The third-order valence-corrected chi connectivity index (χ3v) is 3.98. The van der Waals surface area contributed by atoms with Crippen molar-refractivity contribution in [1.29, 1.82) is 0 Å². The van der Waals surface area contributed by atoms with Gasteiger partial charge in [0.2, 0.25) is 0 Å². The molecule has 1 N–H and O–H groups in total. The van der Waals surface area contributed by atoms with Crippen molar-refractivity contribution in [2.24, 2.45) is 0 Å². The first kappa shape index (κ1) is 13.3. The maximum atomic E-state index is 4.46. The van der Waals surface area contributed by atoms with Gasteiger partial charge in [-0.15, -0.1) is 0 Å². The van der Waals surface area contributed by atoms with E-state index in [1.165, 1.54) is 0 Å². The van der Waals surface area contributed by atoms with Gasteiger partial charge >= 0.3 is 0 Å². The van der Waals surface area contributed by atoms with Crippen LogP contribution in [0.2, 0.25) is 0 Å². The Bertz CT molecular complexity index is 710. The molecule has 0 aliphatic rings. The van der Waals surface area contributed by atoms with Crippen LogP contribution < -0.4 is 5.32 Å². The number of hydrogen-bond acceptors (Lipinski definition) is 4. The highest BCUT2D eigenvalue weighted by Crippen LogP contribution is 2.25. The van der Waals surface area contributed by atoms with Gasteiger partial charge in [0.25, 0.3) is 0 Å². The van der Waals surface area contributed by atoms with Gasteiger partial charge in [-0.05, 0) is 40.6 Å². The molecule has 0 saturated carbocycles. The highest BCUT2D eigenvalue weighted by atomic mass is 127. The monoisotopic (exact) mass is 379 g/mol. The Morgan fingerprint density at radius 2 is 2.25 bits per heavy atom. The van der Waals surface area contributed by atoms with Crippen LogP contribution in [-0.2, 0) is 0 Å². The number of anilines is 1. The van der Waals surface area contributed by atoms with Crippen molar-refractivity contribution in [2.45, 2.75) is 19.4 Å². The summed E-state index contributed by atoms with van der Waals surface area (Å²) in [4.78, 5) is 8.64. The normalized spacial score (nSPS) is 12.5. The van der Waals surface area contributed by atoms with Gasteiger partial charge in [-0.25, -0.2) is 9.50 Å². The van der Waals surface area contributed by atoms with Crippen LogP contribution >= 0.6 is 22.6 Å². The van der Waals surface area contributed by atoms with Crippen LogP contribution in [0.15, 0.2) is 43.1 Å². The molecule has 5 nitrogen and oxygen atoms in total. The Hall–Kier alpha value is -1.70. The zero-order valence-corrected chi connectivity index (χ0v) is 13.2. The van der Waals surface area contributed by atoms with Gasteiger partial charge in [0, 0.05) is 24.8 Å². The fraction of sp³-hybridized carbons (Fsp3) is 0.214. The number of fused-ring (bicyclic) bond motifs is 1. The van der Waals surface area contributed by atoms with Crippen molar-refractivity contribution in [3.63, 3.8) is 0 Å². The van der Waals surface area contributed by atoms with Gasteiger partial charge in [0.15, 0.2) is 5.82 Å². The van der Waals surface area contributed by atoms with Crippen LogP contribution in [-0.4, -0.2) is 19.6 Å². The molecule has 102 valence electrons. The van der Waals surface area contributed by atoms with E-state index in [1.54, 1.807) is 12.4 Å². The van der Waals surface area contributed by atoms with Gasteiger partial charge < -0.3 is 5.32 Å². The number of rotatable bonds is 4. The molecule has 0 fully saturated rings. The zero-order chi connectivity index (χ0) is 13.9. The largest absolute Gasteiger partial charge is 0.361 e. The summed E-state index contributed by atoms with van der Waals surface area (Å²) in [6.45, 7) is 2.14. The van der Waals surface area contributed by atoms with E-state index in [2.05, 4.69) is 56.0 Å². The maximum Gasteiger partial charge on any atom is 0.153 e. The lowest BCUT2D eigenvalue weighted by Gasteiger charge is -2.18. The Labute approximate surface area is 130 Å². The molecule has 6 heteroatoms. The van der Waals surface area contributed by atoms with Gasteiger partial charge in [0.1, 0.15) is 5.52 Å². The minimum absolute atomic E-state index is 0.188. The topological polar surface area (TPSA) is 55.1 Å². The summed E-state index contributed by atoms with van der Waals surface area (Å²) in [5.74, 6) is 0.852. The molecule has 3 aromatic heterocycles. The minimum Gasteiger partial charge on any atom is -0.361 e. The van der Waals surface area contributed by atoms with Crippen LogP contribution in [0.1, 0.15) is 24.9 Å². The quantitative estimate of drug-likeness (QED) is 0.707. The molecule has 0 bridgehead atoms. The summed E-state index contributed by atoms with van der Waals surface area (Å²) in [6.07, 6.45) is 10.1. The molecule has 0 aliphatic carbocycles. The number of nitrogens with zero attached hydrogens (tertiary/aromatic N) is 4. The summed E-state index contributed by atoms with van der Waals surface area (Å²) in [5.41, 5.74) is 2.17. The third kappa shape index (κ3) is 2.47. The van der Waals surface area contributed by atoms with E-state index in [0.29, 0.717) is 0 Å². The lowest BCUT2D eigenvalue weighted by Crippen LogP contribution is -2.12. The predicted octanol–water partition coefficient (Wildman–Crippen LogP) is 3.29. The average molecular weight is 379 g/mol. The number of aromatic nitrogens is 4. The molecule has 3 rings (SSSR count). The Balaban J connectivity index is 1.98. The Kier molecular flexibility index (Phi) is 3.81. The molecule has 3 heterocycles. The van der Waals surface area contributed by atoms with Crippen molar-refractivity contribution in [2.75, 3.05) is 5.32 Å². The molecule has 0 radical (unpaired) electrons. The highest BCUT2D eigenvalue weighted by Gasteiger charge is 2.14. The summed E-state index contributed by atoms with van der Waals surface area (Å²) in [6, 6.07) is 4.22. The standard InChI is InChI=1S/C14H14IN5/c1-2-12(10-4-3-5-16-8-10)19-14-13-11(15)9-18-20(13)7-6-17-14/h3-9,12H,2H2,1H3,(H,17,19). The summed E-state index contributed by atoms with van der Waals surface area (Å²) in [5, 5.41) is 7.80. The highest BCUT2D eigenvalue weighted by molar-refractivity contribution is 14.1. The number of pyridine rings is 1. The van der Waals surface area contributed by atoms with Crippen molar-refractivity contribution in [3.8, 4) is 0 Å². The van der Waals surface area contributed by atoms with Crippen molar-refractivity contribution in [3.05, 3.63) is 52.3 Å². The SMILES string of the molecule is CCC(Nc1nccn2ncc(I)c12)c1cccnc1. The molecule has 20 heavy (non-hydrogen) atoms. The third-order valence-electron chi connectivity index (χ3n) is 3.19. The fourth-order valence-electron chi connectivity index (χ4n) is 2.18. The van der Waals surface area contributed by atoms with E-state index in [1.807, 2.05) is 29.2 Å². The summed E-state index contributed by atoms with van der Waals surface area (Å²) >= 11 is 2.28. The van der Waals surface area contributed by atoms with Crippen molar-refractivity contribution >= 4 is 33.9 Å². The number of nitrogens with one attached hydrogen (secondary N) is 1. The predicted molar refractivity (Wildman–Crippen MR) is 86.6 cm³/mol. The van der Waals surface area contributed by atoms with E-state index in [0.717, 1.165) is 26.9 Å². The minimum atomic E-state index is 0.188. The van der Waals surface area contributed by atoms with Crippen LogP contribution in [0.25, 0.3) is 5.52 Å². The summed E-state index contributed by atoms with van der Waals surface area (Å²) in [7, 11) is 0. The van der Waals surface area contributed by atoms with Crippen LogP contribution in [0, 0.1) is 3.57 Å². The fourth-order valence-corrected chi connectivity index (χ4v) is 2.81. The van der Waals surface area contributed by atoms with Crippen molar-refractivity contribution < 1.29 is 0 Å². The molecular weight excluding hydrogens is 365 g/mol. The second kappa shape index (κ2) is 5.74. The molecule has 0 aromatic carbocycles. The number of halogens is 1. The molecule has 0 saturated heterocycles. The first-order valence-corrected chi connectivity index (χ1v) is 7.51. The van der Waals surface area contributed by atoms with Gasteiger partial charge in [-0.2, -0.15) is 5.10 Å². The number of hydrogen-bond donors (Lipinski definition) is 1. The van der Waals surface area contributed by atoms with E-state index in [9.17, 15) is 0 Å². The summed E-state index contributed by atoms with van der Waals surface area (Å²) < 4.78 is 2.92. The molecule has 0 aliphatic heterocycles. The smallest absolute Gasteiger partial charge is 0.153 e. The van der Waals surface area contributed by atoms with Gasteiger partial charge in [0.05, 0.1) is 15.8 Å². The lowest BCUT2D eigenvalue weighted by molar-refractivity contribution is 0.740. The van der Waals surface area contributed by atoms with Crippen LogP contribution in [0.3, 0.4) is 0 Å². The van der Waals surface area contributed by atoms with E-state index in [-0.39, 0.29) is 6.04 Å². The Morgan fingerprint density at radius 1 is 1.35 bits per heavy atom. The van der Waals surface area contributed by atoms with E-state index >= 15 is 0 Å². The van der Waals surface area contributed by atoms with Crippen LogP contribution in [0.4, 0.5) is 5.82 Å². The molecule has 1 unspecified atom stereocenters. The zero-order valence-electron chi connectivity index (χ0n) is 11.0. The van der Waals surface area contributed by atoms with E-state index in [4.69, 9.17) is 0 Å². The lowest BCUT2D eigenvalue weighted by atomic mass is 10.1. The van der Waals surface area contributed by atoms with Crippen molar-refractivity contribution in [1.82, 2.24) is 19.6 Å². The molecular formula is C14H14IN5. The molecule has 0 amide bonds. The molecule has 1 atom stereocenters. The first-order valence-electron chi connectivity index (χ1n) is 6.44. The first-order chi connectivity index (χ1) is 9.79. The van der Waals surface area contributed by atoms with Crippen LogP contribution in [0.5, 0.6) is 0 Å². The average Bonchev–Trinajstić information content (AvgIpc) is 2.88.